The van der Waals surface area contributed by atoms with Crippen molar-refractivity contribution in [1.29, 1.82) is 0 Å². The quantitative estimate of drug-likeness (QED) is 0.455. The van der Waals surface area contributed by atoms with Crippen LogP contribution in [0.3, 0.4) is 0 Å². The van der Waals surface area contributed by atoms with Crippen LogP contribution in [0.1, 0.15) is 31.8 Å². The molecule has 2 aromatic carbocycles. The number of halogens is 2. The highest BCUT2D eigenvalue weighted by molar-refractivity contribution is 9.10. The van der Waals surface area contributed by atoms with Crippen molar-refractivity contribution in [3.8, 4) is 0 Å². The smallest absolute Gasteiger partial charge is 0.337 e. The van der Waals surface area contributed by atoms with Crippen molar-refractivity contribution in [2.24, 2.45) is 0 Å². The lowest BCUT2D eigenvalue weighted by Gasteiger charge is -2.13. The van der Waals surface area contributed by atoms with Crippen LogP contribution in [-0.2, 0) is 9.57 Å². The third-order valence-corrected chi connectivity index (χ3v) is 5.32. The number of esters is 1. The average molecular weight is 487 g/mol. The van der Waals surface area contributed by atoms with Crippen LogP contribution in [0, 0.1) is 13.8 Å². The van der Waals surface area contributed by atoms with Crippen molar-refractivity contribution in [2.75, 3.05) is 21.3 Å². The first-order valence-electron chi connectivity index (χ1n) is 7.64. The molecular formula is C19H21Br2NO4. The molecule has 0 aliphatic heterocycles. The summed E-state index contributed by atoms with van der Waals surface area (Å²) in [5.41, 5.74) is 3.26. The van der Waals surface area contributed by atoms with E-state index in [2.05, 4.69) is 36.6 Å². The van der Waals surface area contributed by atoms with E-state index in [9.17, 15) is 9.59 Å². The van der Waals surface area contributed by atoms with Gasteiger partial charge in [-0.05, 0) is 61.4 Å². The molecule has 0 saturated heterocycles. The van der Waals surface area contributed by atoms with E-state index in [4.69, 9.17) is 4.84 Å². The van der Waals surface area contributed by atoms with Gasteiger partial charge < -0.3 is 4.74 Å². The van der Waals surface area contributed by atoms with E-state index < -0.39 is 0 Å². The normalized spacial score (nSPS) is 9.81. The van der Waals surface area contributed by atoms with Gasteiger partial charge in [0.1, 0.15) is 0 Å². The summed E-state index contributed by atoms with van der Waals surface area (Å²) in [6.07, 6.45) is 0. The van der Waals surface area contributed by atoms with E-state index >= 15 is 0 Å². The van der Waals surface area contributed by atoms with E-state index in [1.807, 2.05) is 32.0 Å². The first-order chi connectivity index (χ1) is 12.2. The highest BCUT2D eigenvalue weighted by Gasteiger charge is 2.11. The predicted molar refractivity (Wildman–Crippen MR) is 108 cm³/mol. The van der Waals surface area contributed by atoms with Crippen LogP contribution in [0.5, 0.6) is 0 Å². The summed E-state index contributed by atoms with van der Waals surface area (Å²) in [7, 11) is 4.42. The number of hydrogen-bond acceptors (Lipinski definition) is 4. The van der Waals surface area contributed by atoms with E-state index in [1.54, 1.807) is 25.2 Å². The zero-order valence-corrected chi connectivity index (χ0v) is 18.5. The summed E-state index contributed by atoms with van der Waals surface area (Å²) in [4.78, 5) is 27.5. The predicted octanol–water partition coefficient (Wildman–Crippen LogP) is 4.94. The van der Waals surface area contributed by atoms with Crippen LogP contribution in [0.2, 0.25) is 0 Å². The molecular weight excluding hydrogens is 466 g/mol. The molecule has 140 valence electrons. The Balaban J connectivity index is 0.000000263. The first-order valence-corrected chi connectivity index (χ1v) is 9.22. The molecule has 0 aromatic heterocycles. The number of rotatable bonds is 3. The minimum Gasteiger partial charge on any atom is -0.465 e. The monoisotopic (exact) mass is 485 g/mol. The average Bonchev–Trinajstić information content (AvgIpc) is 2.64. The fourth-order valence-corrected chi connectivity index (χ4v) is 2.43. The Bertz CT molecular complexity index is 793. The molecule has 0 aliphatic rings. The maximum atomic E-state index is 11.6. The highest BCUT2D eigenvalue weighted by Crippen LogP contribution is 2.18. The molecule has 0 fully saturated rings. The number of methoxy groups -OCH3 is 1. The van der Waals surface area contributed by atoms with Gasteiger partial charge in [-0.3, -0.25) is 9.63 Å². The second kappa shape index (κ2) is 10.4. The standard InChI is InChI=1S/C10H12BrNO2.C9H9BrO2/c1-7-6-8(4-5-9(7)11)10(13)12(2)14-3;1-6-5-7(9(11)12-2)3-4-8(6)10/h4-6H,1-3H3;3-5H,1-2H3. The molecule has 0 radical (unpaired) electrons. The van der Waals surface area contributed by atoms with Gasteiger partial charge in [0.15, 0.2) is 0 Å². The van der Waals surface area contributed by atoms with Crippen molar-refractivity contribution >= 4 is 43.7 Å². The summed E-state index contributed by atoms with van der Waals surface area (Å²) >= 11 is 6.72. The van der Waals surface area contributed by atoms with Crippen LogP contribution in [0.25, 0.3) is 0 Å². The molecule has 5 nitrogen and oxygen atoms in total. The van der Waals surface area contributed by atoms with Crippen molar-refractivity contribution in [1.82, 2.24) is 5.06 Å². The topological polar surface area (TPSA) is 55.8 Å². The van der Waals surface area contributed by atoms with Crippen LogP contribution in [-0.4, -0.2) is 38.2 Å². The summed E-state index contributed by atoms with van der Waals surface area (Å²) in [6, 6.07) is 10.8. The number of hydrogen-bond donors (Lipinski definition) is 0. The van der Waals surface area contributed by atoms with Gasteiger partial charge in [0.05, 0.1) is 19.8 Å². The molecule has 0 spiro atoms. The molecule has 26 heavy (non-hydrogen) atoms. The first kappa shape index (κ1) is 22.3. The molecule has 2 rings (SSSR count). The number of carbonyl (C=O) groups is 2. The number of carbonyl (C=O) groups excluding carboxylic acids is 2. The van der Waals surface area contributed by atoms with Crippen LogP contribution < -0.4 is 0 Å². The van der Waals surface area contributed by atoms with E-state index in [1.165, 1.54) is 19.3 Å². The molecule has 0 bridgehead atoms. The summed E-state index contributed by atoms with van der Waals surface area (Å²) < 4.78 is 6.57. The number of nitrogens with zero attached hydrogens (tertiary/aromatic N) is 1. The molecule has 0 heterocycles. The van der Waals surface area contributed by atoms with Gasteiger partial charge in [-0.1, -0.05) is 31.9 Å². The third-order valence-electron chi connectivity index (χ3n) is 3.54. The Labute approximate surface area is 170 Å². The Kier molecular flexibility index (Phi) is 8.98. The zero-order chi connectivity index (χ0) is 19.9. The van der Waals surface area contributed by atoms with Gasteiger partial charge >= 0.3 is 5.97 Å². The second-order valence-corrected chi connectivity index (χ2v) is 7.11. The lowest BCUT2D eigenvalue weighted by Crippen LogP contribution is -2.25. The maximum absolute atomic E-state index is 11.6. The largest absolute Gasteiger partial charge is 0.465 e. The maximum Gasteiger partial charge on any atom is 0.337 e. The van der Waals surface area contributed by atoms with Crippen molar-refractivity contribution in [3.63, 3.8) is 0 Å². The number of benzene rings is 2. The van der Waals surface area contributed by atoms with Gasteiger partial charge in [-0.15, -0.1) is 0 Å². The molecule has 0 saturated carbocycles. The summed E-state index contributed by atoms with van der Waals surface area (Å²) in [6.45, 7) is 3.87. The van der Waals surface area contributed by atoms with E-state index in [-0.39, 0.29) is 11.9 Å². The summed E-state index contributed by atoms with van der Waals surface area (Å²) in [5.74, 6) is -0.450. The molecule has 1 amide bonds. The van der Waals surface area contributed by atoms with Crippen molar-refractivity contribution < 1.29 is 19.2 Å². The second-order valence-electron chi connectivity index (χ2n) is 5.40. The van der Waals surface area contributed by atoms with Gasteiger partial charge in [0.2, 0.25) is 0 Å². The van der Waals surface area contributed by atoms with Crippen LogP contribution in [0.4, 0.5) is 0 Å². The van der Waals surface area contributed by atoms with Gasteiger partial charge in [0.25, 0.3) is 5.91 Å². The Hall–Kier alpha value is -1.70. The molecule has 0 aliphatic carbocycles. The van der Waals surface area contributed by atoms with E-state index in [0.29, 0.717) is 11.1 Å². The van der Waals surface area contributed by atoms with Crippen LogP contribution in [0.15, 0.2) is 45.3 Å². The zero-order valence-electron chi connectivity index (χ0n) is 15.3. The fraction of sp³-hybridized carbons (Fsp3) is 0.263. The molecule has 0 atom stereocenters. The third kappa shape index (κ3) is 6.23. The van der Waals surface area contributed by atoms with Crippen molar-refractivity contribution in [2.45, 2.75) is 13.8 Å². The lowest BCUT2D eigenvalue weighted by atomic mass is 10.1. The molecule has 2 aromatic rings. The Morgan fingerprint density at radius 2 is 1.35 bits per heavy atom. The SMILES string of the molecule is COC(=O)c1ccc(Br)c(C)c1.CON(C)C(=O)c1ccc(Br)c(C)c1. The minimum absolute atomic E-state index is 0.150. The number of ether oxygens (including phenoxy) is 1. The number of aryl methyl sites for hydroxylation is 2. The van der Waals surface area contributed by atoms with E-state index in [0.717, 1.165) is 20.1 Å². The van der Waals surface area contributed by atoms with Gasteiger partial charge in [0, 0.05) is 21.6 Å². The number of amides is 1. The lowest BCUT2D eigenvalue weighted by molar-refractivity contribution is -0.0757. The molecule has 0 unspecified atom stereocenters. The van der Waals surface area contributed by atoms with Gasteiger partial charge in [-0.2, -0.15) is 0 Å². The van der Waals surface area contributed by atoms with Gasteiger partial charge in [-0.25, -0.2) is 9.86 Å². The molecule has 0 N–H and O–H groups in total. The molecule has 7 heteroatoms. The summed E-state index contributed by atoms with van der Waals surface area (Å²) in [5, 5.41) is 1.20. The fourth-order valence-electron chi connectivity index (χ4n) is 1.93. The minimum atomic E-state index is -0.300. The highest BCUT2D eigenvalue weighted by atomic mass is 79.9. The Morgan fingerprint density at radius 3 is 1.77 bits per heavy atom. The number of hydroxylamine groups is 2. The Morgan fingerprint density at radius 1 is 0.885 bits per heavy atom. The van der Waals surface area contributed by atoms with Crippen molar-refractivity contribution in [3.05, 3.63) is 67.6 Å². The van der Waals surface area contributed by atoms with Crippen LogP contribution >= 0.6 is 31.9 Å².